The lowest BCUT2D eigenvalue weighted by Crippen LogP contribution is -2.48. The molecule has 9 heteroatoms. The van der Waals surface area contributed by atoms with Gasteiger partial charge < -0.3 is 9.88 Å². The van der Waals surface area contributed by atoms with Crippen molar-refractivity contribution in [3.63, 3.8) is 0 Å². The molecule has 142 valence electrons. The molecule has 1 aromatic heterocycles. The van der Waals surface area contributed by atoms with E-state index in [1.807, 2.05) is 22.8 Å². The Bertz CT molecular complexity index is 861. The van der Waals surface area contributed by atoms with Crippen molar-refractivity contribution in [3.8, 4) is 0 Å². The molecular formula is C17H22Cl2N4O2S. The molecule has 0 amide bonds. The highest BCUT2D eigenvalue weighted by molar-refractivity contribution is 7.89. The minimum atomic E-state index is -3.65. The van der Waals surface area contributed by atoms with E-state index in [9.17, 15) is 8.42 Å². The Balaban J connectivity index is 0.00000196. The maximum absolute atomic E-state index is 13.3. The van der Waals surface area contributed by atoms with E-state index in [1.165, 1.54) is 0 Å². The standard InChI is InChI=1S/C17H21ClN4O2S.ClH/c18-14-5-3-4-13(10-14)15-11-19-7-9-22(15)25(23,24)17-12-21-8-2-1-6-16(21)20-17;/h3-5,10,12,15,19H,1-2,6-9,11H2;1H. The number of nitrogens with one attached hydrogen (secondary N) is 1. The molecule has 1 N–H and O–H groups in total. The second-order valence-corrected chi connectivity index (χ2v) is 8.81. The Hall–Kier alpha value is -1.12. The first-order chi connectivity index (χ1) is 12.1. The predicted octanol–water partition coefficient (Wildman–Crippen LogP) is 2.63. The Kier molecular flexibility index (Phi) is 5.94. The van der Waals surface area contributed by atoms with Gasteiger partial charge in [0.1, 0.15) is 5.82 Å². The molecule has 4 rings (SSSR count). The van der Waals surface area contributed by atoms with Gasteiger partial charge in [0, 0.05) is 43.8 Å². The van der Waals surface area contributed by atoms with Gasteiger partial charge in [-0.05, 0) is 30.5 Å². The van der Waals surface area contributed by atoms with Gasteiger partial charge in [0.15, 0.2) is 5.03 Å². The van der Waals surface area contributed by atoms with Crippen LogP contribution >= 0.6 is 24.0 Å². The molecule has 0 radical (unpaired) electrons. The van der Waals surface area contributed by atoms with Crippen LogP contribution in [0.3, 0.4) is 0 Å². The fourth-order valence-electron chi connectivity index (χ4n) is 3.60. The molecule has 2 aromatic rings. The second kappa shape index (κ2) is 7.86. The van der Waals surface area contributed by atoms with Crippen LogP contribution in [0.15, 0.2) is 35.5 Å². The van der Waals surface area contributed by atoms with Gasteiger partial charge in [-0.15, -0.1) is 12.4 Å². The summed E-state index contributed by atoms with van der Waals surface area (Å²) in [6.07, 6.45) is 4.67. The quantitative estimate of drug-likeness (QED) is 0.834. The average Bonchev–Trinajstić information content (AvgIpc) is 3.07. The Morgan fingerprint density at radius 3 is 2.85 bits per heavy atom. The van der Waals surface area contributed by atoms with E-state index in [1.54, 1.807) is 16.6 Å². The van der Waals surface area contributed by atoms with Gasteiger partial charge >= 0.3 is 0 Å². The number of piperazine rings is 1. The van der Waals surface area contributed by atoms with Crippen LogP contribution in [-0.4, -0.2) is 41.9 Å². The number of halogens is 2. The Morgan fingerprint density at radius 2 is 2.08 bits per heavy atom. The van der Waals surface area contributed by atoms with Gasteiger partial charge in [0.2, 0.25) is 0 Å². The molecule has 0 spiro atoms. The van der Waals surface area contributed by atoms with E-state index >= 15 is 0 Å². The Morgan fingerprint density at radius 1 is 1.23 bits per heavy atom. The van der Waals surface area contributed by atoms with Crippen LogP contribution in [0.2, 0.25) is 5.02 Å². The molecular weight excluding hydrogens is 395 g/mol. The fourth-order valence-corrected chi connectivity index (χ4v) is 5.39. The fraction of sp³-hybridized carbons (Fsp3) is 0.471. The summed E-state index contributed by atoms with van der Waals surface area (Å²) in [6, 6.07) is 7.12. The molecule has 0 aliphatic carbocycles. The van der Waals surface area contributed by atoms with Gasteiger partial charge in [0.25, 0.3) is 10.0 Å². The summed E-state index contributed by atoms with van der Waals surface area (Å²) < 4.78 is 30.1. The lowest BCUT2D eigenvalue weighted by atomic mass is 10.1. The summed E-state index contributed by atoms with van der Waals surface area (Å²) in [5.74, 6) is 0.874. The molecule has 26 heavy (non-hydrogen) atoms. The van der Waals surface area contributed by atoms with Crippen LogP contribution < -0.4 is 5.32 Å². The second-order valence-electron chi connectivity index (χ2n) is 6.54. The van der Waals surface area contributed by atoms with Crippen LogP contribution in [-0.2, 0) is 23.0 Å². The first kappa shape index (κ1) is 19.6. The van der Waals surface area contributed by atoms with Crippen molar-refractivity contribution in [2.45, 2.75) is 36.9 Å². The summed E-state index contributed by atoms with van der Waals surface area (Å²) in [5.41, 5.74) is 0.896. The molecule has 2 aliphatic rings. The monoisotopic (exact) mass is 416 g/mol. The summed E-state index contributed by atoms with van der Waals surface area (Å²) in [5, 5.41) is 4.05. The molecule has 0 saturated carbocycles. The van der Waals surface area contributed by atoms with Crippen molar-refractivity contribution in [3.05, 3.63) is 46.9 Å². The van der Waals surface area contributed by atoms with Crippen LogP contribution in [0, 0.1) is 0 Å². The highest BCUT2D eigenvalue weighted by atomic mass is 35.5. The van der Waals surface area contributed by atoms with E-state index in [0.717, 1.165) is 37.2 Å². The third-order valence-electron chi connectivity index (χ3n) is 4.89. The number of benzene rings is 1. The summed E-state index contributed by atoms with van der Waals surface area (Å²) in [7, 11) is -3.65. The molecule has 3 heterocycles. The first-order valence-electron chi connectivity index (χ1n) is 8.60. The minimum absolute atomic E-state index is 0. The molecule has 0 bridgehead atoms. The number of hydrogen-bond acceptors (Lipinski definition) is 4. The van der Waals surface area contributed by atoms with Gasteiger partial charge in [-0.1, -0.05) is 23.7 Å². The number of fused-ring (bicyclic) bond motifs is 1. The zero-order valence-corrected chi connectivity index (χ0v) is 16.7. The molecule has 1 unspecified atom stereocenters. The van der Waals surface area contributed by atoms with Crippen molar-refractivity contribution in [2.24, 2.45) is 0 Å². The predicted molar refractivity (Wildman–Crippen MR) is 103 cm³/mol. The number of hydrogen-bond donors (Lipinski definition) is 1. The number of sulfonamides is 1. The first-order valence-corrected chi connectivity index (χ1v) is 10.4. The van der Waals surface area contributed by atoms with E-state index < -0.39 is 10.0 Å². The van der Waals surface area contributed by atoms with E-state index in [0.29, 0.717) is 24.7 Å². The van der Waals surface area contributed by atoms with Gasteiger partial charge in [-0.2, -0.15) is 4.31 Å². The van der Waals surface area contributed by atoms with Crippen molar-refractivity contribution in [1.82, 2.24) is 19.2 Å². The van der Waals surface area contributed by atoms with Crippen molar-refractivity contribution in [1.29, 1.82) is 0 Å². The number of aryl methyl sites for hydroxylation is 2. The topological polar surface area (TPSA) is 67.2 Å². The van der Waals surface area contributed by atoms with Gasteiger partial charge in [0.05, 0.1) is 6.04 Å². The average molecular weight is 417 g/mol. The Labute approximate surface area is 165 Å². The van der Waals surface area contributed by atoms with Crippen LogP contribution in [0.1, 0.15) is 30.3 Å². The molecule has 6 nitrogen and oxygen atoms in total. The molecule has 1 fully saturated rings. The van der Waals surface area contributed by atoms with E-state index in [4.69, 9.17) is 11.6 Å². The third-order valence-corrected chi connectivity index (χ3v) is 6.90. The number of rotatable bonds is 3. The van der Waals surface area contributed by atoms with Crippen LogP contribution in [0.25, 0.3) is 0 Å². The lowest BCUT2D eigenvalue weighted by Gasteiger charge is -2.35. The van der Waals surface area contributed by atoms with Crippen molar-refractivity contribution < 1.29 is 8.42 Å². The van der Waals surface area contributed by atoms with E-state index in [2.05, 4.69) is 10.3 Å². The van der Waals surface area contributed by atoms with Gasteiger partial charge in [-0.3, -0.25) is 0 Å². The number of aromatic nitrogens is 2. The molecule has 1 saturated heterocycles. The largest absolute Gasteiger partial charge is 0.333 e. The smallest absolute Gasteiger partial charge is 0.262 e. The number of imidazole rings is 1. The molecule has 2 aliphatic heterocycles. The molecule has 1 aromatic carbocycles. The van der Waals surface area contributed by atoms with Gasteiger partial charge in [-0.25, -0.2) is 13.4 Å². The van der Waals surface area contributed by atoms with Crippen molar-refractivity contribution >= 4 is 34.0 Å². The lowest BCUT2D eigenvalue weighted by molar-refractivity contribution is 0.271. The molecule has 1 atom stereocenters. The van der Waals surface area contributed by atoms with Crippen LogP contribution in [0.4, 0.5) is 0 Å². The highest BCUT2D eigenvalue weighted by Crippen LogP contribution is 2.30. The maximum Gasteiger partial charge on any atom is 0.262 e. The maximum atomic E-state index is 13.3. The summed E-state index contributed by atoms with van der Waals surface area (Å²) in [6.45, 7) is 2.45. The normalized spacial score (nSPS) is 21.0. The zero-order valence-electron chi connectivity index (χ0n) is 14.3. The number of nitrogens with zero attached hydrogens (tertiary/aromatic N) is 3. The van der Waals surface area contributed by atoms with E-state index in [-0.39, 0.29) is 23.5 Å². The minimum Gasteiger partial charge on any atom is -0.333 e. The third kappa shape index (κ3) is 3.64. The van der Waals surface area contributed by atoms with Crippen molar-refractivity contribution in [2.75, 3.05) is 19.6 Å². The summed E-state index contributed by atoms with van der Waals surface area (Å²) in [4.78, 5) is 4.43. The summed E-state index contributed by atoms with van der Waals surface area (Å²) >= 11 is 6.11. The zero-order chi connectivity index (χ0) is 17.4. The SMILES string of the molecule is Cl.O=S(=O)(c1cn2c(n1)CCCC2)N1CCNCC1c1cccc(Cl)c1. The van der Waals surface area contributed by atoms with Crippen LogP contribution in [0.5, 0.6) is 0 Å². The highest BCUT2D eigenvalue weighted by Gasteiger charge is 2.36.